The maximum Gasteiger partial charge on any atom is 0.211 e. The van der Waals surface area contributed by atoms with Gasteiger partial charge in [-0.1, -0.05) is 13.8 Å². The van der Waals surface area contributed by atoms with E-state index in [-0.39, 0.29) is 11.8 Å². The minimum Gasteiger partial charge on any atom is -0.330 e. The molecule has 1 fully saturated rings. The van der Waals surface area contributed by atoms with E-state index in [0.29, 0.717) is 18.9 Å². The average molecular weight is 262 g/mol. The molecule has 3 unspecified atom stereocenters. The van der Waals surface area contributed by atoms with Crippen molar-refractivity contribution < 1.29 is 8.42 Å². The summed E-state index contributed by atoms with van der Waals surface area (Å²) in [6.45, 7) is 4.94. The third-order valence-electron chi connectivity index (χ3n) is 3.63. The van der Waals surface area contributed by atoms with Gasteiger partial charge in [-0.2, -0.15) is 0 Å². The fourth-order valence-corrected chi connectivity index (χ4v) is 4.08. The first kappa shape index (κ1) is 14.9. The lowest BCUT2D eigenvalue weighted by Crippen LogP contribution is -2.43. The molecule has 0 spiro atoms. The van der Waals surface area contributed by atoms with Crippen molar-refractivity contribution >= 4 is 10.0 Å². The van der Waals surface area contributed by atoms with Gasteiger partial charge in [0.15, 0.2) is 0 Å². The van der Waals surface area contributed by atoms with Crippen LogP contribution in [0.3, 0.4) is 0 Å². The lowest BCUT2D eigenvalue weighted by atomic mass is 9.80. The molecule has 1 rings (SSSR count). The SMILES string of the molecule is CC1CCC(NS(=O)(=O)CCCCN)C(C)C1. The molecule has 0 aliphatic heterocycles. The highest BCUT2D eigenvalue weighted by Crippen LogP contribution is 2.28. The summed E-state index contributed by atoms with van der Waals surface area (Å²) in [7, 11) is -3.11. The van der Waals surface area contributed by atoms with Crippen LogP contribution in [0, 0.1) is 11.8 Å². The number of nitrogens with one attached hydrogen (secondary N) is 1. The van der Waals surface area contributed by atoms with Crippen molar-refractivity contribution in [1.82, 2.24) is 4.72 Å². The molecule has 5 heteroatoms. The summed E-state index contributed by atoms with van der Waals surface area (Å²) in [5.74, 6) is 1.38. The van der Waals surface area contributed by atoms with Gasteiger partial charge < -0.3 is 5.73 Å². The van der Waals surface area contributed by atoms with Crippen molar-refractivity contribution in [3.8, 4) is 0 Å². The molecule has 0 bridgehead atoms. The molecular formula is C12H26N2O2S. The van der Waals surface area contributed by atoms with Gasteiger partial charge in [-0.05, 0) is 50.5 Å². The summed E-state index contributed by atoms with van der Waals surface area (Å²) < 4.78 is 26.6. The predicted molar refractivity (Wildman–Crippen MR) is 71.2 cm³/mol. The Morgan fingerprint density at radius 1 is 1.24 bits per heavy atom. The zero-order chi connectivity index (χ0) is 12.9. The van der Waals surface area contributed by atoms with Gasteiger partial charge >= 0.3 is 0 Å². The van der Waals surface area contributed by atoms with Gasteiger partial charge in [0.25, 0.3) is 0 Å². The van der Waals surface area contributed by atoms with Gasteiger partial charge in [-0.15, -0.1) is 0 Å². The minimum atomic E-state index is -3.11. The zero-order valence-corrected chi connectivity index (χ0v) is 11.8. The van der Waals surface area contributed by atoms with Gasteiger partial charge in [0.2, 0.25) is 10.0 Å². The Morgan fingerprint density at radius 3 is 2.53 bits per heavy atom. The van der Waals surface area contributed by atoms with Crippen LogP contribution in [0.25, 0.3) is 0 Å². The van der Waals surface area contributed by atoms with E-state index in [0.717, 1.165) is 31.6 Å². The largest absolute Gasteiger partial charge is 0.330 e. The average Bonchev–Trinajstić information content (AvgIpc) is 2.22. The van der Waals surface area contributed by atoms with E-state index in [1.807, 2.05) is 0 Å². The summed E-state index contributed by atoms with van der Waals surface area (Å²) in [4.78, 5) is 0. The second-order valence-electron chi connectivity index (χ2n) is 5.43. The molecule has 0 saturated heterocycles. The molecular weight excluding hydrogens is 236 g/mol. The predicted octanol–water partition coefficient (Wildman–Crippen LogP) is 1.47. The summed E-state index contributed by atoms with van der Waals surface area (Å²) in [6.07, 6.45) is 4.65. The van der Waals surface area contributed by atoms with Gasteiger partial charge in [0.05, 0.1) is 5.75 Å². The second-order valence-corrected chi connectivity index (χ2v) is 7.31. The molecule has 0 amide bonds. The number of rotatable bonds is 6. The third kappa shape index (κ3) is 5.36. The van der Waals surface area contributed by atoms with Gasteiger partial charge in [0.1, 0.15) is 0 Å². The molecule has 17 heavy (non-hydrogen) atoms. The topological polar surface area (TPSA) is 72.2 Å². The van der Waals surface area contributed by atoms with Crippen molar-refractivity contribution in [2.24, 2.45) is 17.6 Å². The Morgan fingerprint density at radius 2 is 1.94 bits per heavy atom. The molecule has 0 aromatic heterocycles. The maximum atomic E-state index is 11.8. The van der Waals surface area contributed by atoms with E-state index in [1.54, 1.807) is 0 Å². The first-order valence-corrected chi connectivity index (χ1v) is 8.30. The standard InChI is InChI=1S/C12H26N2O2S/c1-10-5-6-12(11(2)9-10)14-17(15,16)8-4-3-7-13/h10-12,14H,3-9,13H2,1-2H3. The lowest BCUT2D eigenvalue weighted by molar-refractivity contribution is 0.249. The van der Waals surface area contributed by atoms with E-state index in [4.69, 9.17) is 5.73 Å². The Labute approximate surface area is 105 Å². The summed E-state index contributed by atoms with van der Waals surface area (Å²) >= 11 is 0. The Kier molecular flexibility index (Phi) is 5.89. The normalized spacial score (nSPS) is 30.4. The summed E-state index contributed by atoms with van der Waals surface area (Å²) in [5.41, 5.74) is 5.36. The molecule has 1 aliphatic carbocycles. The van der Waals surface area contributed by atoms with E-state index in [1.165, 1.54) is 0 Å². The van der Waals surface area contributed by atoms with Crippen LogP contribution < -0.4 is 10.5 Å². The lowest BCUT2D eigenvalue weighted by Gasteiger charge is -2.32. The van der Waals surface area contributed by atoms with Crippen LogP contribution in [-0.2, 0) is 10.0 Å². The first-order valence-electron chi connectivity index (χ1n) is 6.64. The van der Waals surface area contributed by atoms with E-state index < -0.39 is 10.0 Å². The van der Waals surface area contributed by atoms with E-state index in [2.05, 4.69) is 18.6 Å². The number of hydrogen-bond acceptors (Lipinski definition) is 3. The van der Waals surface area contributed by atoms with Crippen molar-refractivity contribution in [3.05, 3.63) is 0 Å². The second kappa shape index (κ2) is 6.71. The highest BCUT2D eigenvalue weighted by Gasteiger charge is 2.28. The molecule has 0 aromatic rings. The molecule has 0 heterocycles. The van der Waals surface area contributed by atoms with Crippen LogP contribution in [0.15, 0.2) is 0 Å². The first-order chi connectivity index (χ1) is 7.94. The molecule has 1 saturated carbocycles. The van der Waals surface area contributed by atoms with Crippen LogP contribution in [0.4, 0.5) is 0 Å². The molecule has 102 valence electrons. The van der Waals surface area contributed by atoms with Gasteiger partial charge in [-0.3, -0.25) is 0 Å². The molecule has 1 aliphatic rings. The van der Waals surface area contributed by atoms with Crippen LogP contribution in [0.1, 0.15) is 46.0 Å². The van der Waals surface area contributed by atoms with Crippen molar-refractivity contribution in [2.45, 2.75) is 52.0 Å². The van der Waals surface area contributed by atoms with Crippen LogP contribution >= 0.6 is 0 Å². The fourth-order valence-electron chi connectivity index (χ4n) is 2.57. The highest BCUT2D eigenvalue weighted by atomic mass is 32.2. The number of hydrogen-bond donors (Lipinski definition) is 2. The number of nitrogens with two attached hydrogens (primary N) is 1. The van der Waals surface area contributed by atoms with E-state index >= 15 is 0 Å². The summed E-state index contributed by atoms with van der Waals surface area (Å²) in [5, 5.41) is 0. The number of unbranched alkanes of at least 4 members (excludes halogenated alkanes) is 1. The zero-order valence-electron chi connectivity index (χ0n) is 11.0. The monoisotopic (exact) mass is 262 g/mol. The minimum absolute atomic E-state index is 0.133. The fraction of sp³-hybridized carbons (Fsp3) is 1.00. The van der Waals surface area contributed by atoms with Crippen molar-refractivity contribution in [1.29, 1.82) is 0 Å². The maximum absolute atomic E-state index is 11.8. The smallest absolute Gasteiger partial charge is 0.211 e. The third-order valence-corrected chi connectivity index (χ3v) is 5.12. The summed E-state index contributed by atoms with van der Waals surface area (Å²) in [6, 6.07) is 0.133. The molecule has 3 atom stereocenters. The van der Waals surface area contributed by atoms with Gasteiger partial charge in [-0.25, -0.2) is 13.1 Å². The van der Waals surface area contributed by atoms with Crippen LogP contribution in [0.5, 0.6) is 0 Å². The molecule has 0 aromatic carbocycles. The van der Waals surface area contributed by atoms with Crippen molar-refractivity contribution in [2.75, 3.05) is 12.3 Å². The van der Waals surface area contributed by atoms with Crippen LogP contribution in [-0.4, -0.2) is 26.8 Å². The van der Waals surface area contributed by atoms with Crippen LogP contribution in [0.2, 0.25) is 0 Å². The molecule has 0 radical (unpaired) electrons. The number of sulfonamides is 1. The molecule has 3 N–H and O–H groups in total. The Balaban J connectivity index is 2.41. The Bertz CT molecular complexity index is 316. The Hall–Kier alpha value is -0.130. The quantitative estimate of drug-likeness (QED) is 0.712. The van der Waals surface area contributed by atoms with Crippen molar-refractivity contribution in [3.63, 3.8) is 0 Å². The highest BCUT2D eigenvalue weighted by molar-refractivity contribution is 7.89. The van der Waals surface area contributed by atoms with Gasteiger partial charge in [0, 0.05) is 6.04 Å². The van der Waals surface area contributed by atoms with E-state index in [9.17, 15) is 8.42 Å². The molecule has 4 nitrogen and oxygen atoms in total.